The van der Waals surface area contributed by atoms with Crippen LogP contribution in [0.4, 0.5) is 13.2 Å². The van der Waals surface area contributed by atoms with Crippen LogP contribution in [0.25, 0.3) is 0 Å². The van der Waals surface area contributed by atoms with Gasteiger partial charge in [-0.25, -0.2) is 9.00 Å². The largest absolute Gasteiger partial charge is 0.508 e. The maximum Gasteiger partial charge on any atom is 0.508 e. The van der Waals surface area contributed by atoms with Crippen molar-refractivity contribution in [2.24, 2.45) is 0 Å². The Kier molecular flexibility index (Phi) is 7.48. The number of aromatic nitrogens is 1. The second kappa shape index (κ2) is 9.65. The van der Waals surface area contributed by atoms with Gasteiger partial charge in [-0.1, -0.05) is 0 Å². The van der Waals surface area contributed by atoms with Crippen molar-refractivity contribution in [3.8, 4) is 17.2 Å². The Hall–Kier alpha value is -3.02. The predicted octanol–water partition coefficient (Wildman–Crippen LogP) is 2.65. The number of methoxy groups -OCH3 is 2. The summed E-state index contributed by atoms with van der Waals surface area (Å²) in [7, 11) is 2.88. The topological polar surface area (TPSA) is 93.1 Å². The maximum atomic E-state index is 12.6. The summed E-state index contributed by atoms with van der Waals surface area (Å²) in [4.78, 5) is 24.6. The summed E-state index contributed by atoms with van der Waals surface area (Å²) < 4.78 is 69.5. The van der Waals surface area contributed by atoms with Gasteiger partial charge < -0.3 is 23.0 Å². The minimum absolute atomic E-state index is 0.0773. The molecule has 164 valence electrons. The van der Waals surface area contributed by atoms with Crippen LogP contribution in [-0.2, 0) is 22.4 Å². The fourth-order valence-electron chi connectivity index (χ4n) is 2.41. The SMILES string of the molecule is CCOC(=O)c1cn(Cc2ccc(OC)cc2OC)c(=O)cc1OS(=O)C(F)(F)F. The molecule has 0 bridgehead atoms. The van der Waals surface area contributed by atoms with Gasteiger partial charge in [-0.15, -0.1) is 0 Å². The maximum absolute atomic E-state index is 12.6. The highest BCUT2D eigenvalue weighted by Gasteiger charge is 2.40. The molecule has 30 heavy (non-hydrogen) atoms. The lowest BCUT2D eigenvalue weighted by Crippen LogP contribution is -2.26. The van der Waals surface area contributed by atoms with E-state index in [2.05, 4.69) is 4.18 Å². The Morgan fingerprint density at radius 1 is 1.13 bits per heavy atom. The predicted molar refractivity (Wildman–Crippen MR) is 100 cm³/mol. The van der Waals surface area contributed by atoms with Crippen LogP contribution in [0.15, 0.2) is 35.3 Å². The number of rotatable bonds is 8. The van der Waals surface area contributed by atoms with Crippen molar-refractivity contribution in [2.75, 3.05) is 20.8 Å². The first-order valence-electron chi connectivity index (χ1n) is 8.40. The molecule has 0 aliphatic carbocycles. The summed E-state index contributed by atoms with van der Waals surface area (Å²) in [6.45, 7) is 1.33. The Labute approximate surface area is 171 Å². The fourth-order valence-corrected chi connectivity index (χ4v) is 2.80. The molecule has 1 aromatic heterocycles. The number of carbonyl (C=O) groups excluding carboxylic acids is 1. The number of ether oxygens (including phenoxy) is 3. The molecule has 0 fully saturated rings. The van der Waals surface area contributed by atoms with Crippen LogP contribution in [-0.4, -0.2) is 41.1 Å². The van der Waals surface area contributed by atoms with E-state index in [1.165, 1.54) is 21.1 Å². The monoisotopic (exact) mass is 449 g/mol. The van der Waals surface area contributed by atoms with Crippen molar-refractivity contribution in [1.29, 1.82) is 0 Å². The molecule has 1 heterocycles. The Morgan fingerprint density at radius 3 is 2.40 bits per heavy atom. The van der Waals surface area contributed by atoms with E-state index < -0.39 is 39.4 Å². The zero-order valence-electron chi connectivity index (χ0n) is 16.1. The molecule has 0 radical (unpaired) electrons. The summed E-state index contributed by atoms with van der Waals surface area (Å²) in [5.41, 5.74) is -5.95. The lowest BCUT2D eigenvalue weighted by atomic mass is 10.1. The third-order valence-electron chi connectivity index (χ3n) is 3.77. The number of hydrogen-bond donors (Lipinski definition) is 0. The average Bonchev–Trinajstić information content (AvgIpc) is 2.69. The van der Waals surface area contributed by atoms with Crippen LogP contribution < -0.4 is 19.2 Å². The molecular weight excluding hydrogens is 431 g/mol. The molecule has 0 aliphatic heterocycles. The third-order valence-corrected chi connectivity index (χ3v) is 4.48. The quantitative estimate of drug-likeness (QED) is 0.572. The van der Waals surface area contributed by atoms with E-state index in [9.17, 15) is 27.0 Å². The normalized spacial score (nSPS) is 12.2. The molecule has 1 aromatic carbocycles. The van der Waals surface area contributed by atoms with Crippen LogP contribution >= 0.6 is 0 Å². The number of alkyl halides is 3. The summed E-state index contributed by atoms with van der Waals surface area (Å²) in [6, 6.07) is 5.47. The Balaban J connectivity index is 2.49. The van der Waals surface area contributed by atoms with Crippen LogP contribution in [0, 0.1) is 0 Å². The van der Waals surface area contributed by atoms with E-state index in [1.54, 1.807) is 18.2 Å². The van der Waals surface area contributed by atoms with E-state index in [0.717, 1.165) is 10.8 Å². The molecule has 8 nitrogen and oxygen atoms in total. The summed E-state index contributed by atoms with van der Waals surface area (Å²) in [6.07, 6.45) is 0.979. The molecule has 0 spiro atoms. The Morgan fingerprint density at radius 2 is 1.83 bits per heavy atom. The molecule has 0 aliphatic rings. The molecule has 0 amide bonds. The molecule has 2 aromatic rings. The number of esters is 1. The van der Waals surface area contributed by atoms with Gasteiger partial charge in [0.2, 0.25) is 0 Å². The first-order chi connectivity index (χ1) is 14.1. The Bertz CT molecular complexity index is 1000. The van der Waals surface area contributed by atoms with Gasteiger partial charge >= 0.3 is 22.6 Å². The van der Waals surface area contributed by atoms with Crippen molar-refractivity contribution in [2.45, 2.75) is 19.0 Å². The molecule has 2 rings (SSSR count). The molecule has 1 atom stereocenters. The van der Waals surface area contributed by atoms with Crippen molar-refractivity contribution < 1.29 is 40.6 Å². The van der Waals surface area contributed by atoms with Crippen LogP contribution in [0.1, 0.15) is 22.8 Å². The van der Waals surface area contributed by atoms with Crippen molar-refractivity contribution in [3.05, 3.63) is 51.9 Å². The van der Waals surface area contributed by atoms with E-state index in [0.29, 0.717) is 23.1 Å². The van der Waals surface area contributed by atoms with Gasteiger partial charge in [-0.3, -0.25) is 4.79 Å². The highest BCUT2D eigenvalue weighted by molar-refractivity contribution is 7.81. The number of nitrogens with zero attached hydrogens (tertiary/aromatic N) is 1. The number of pyridine rings is 1. The van der Waals surface area contributed by atoms with Gasteiger partial charge in [0.15, 0.2) is 5.75 Å². The molecule has 12 heteroatoms. The number of benzene rings is 1. The van der Waals surface area contributed by atoms with Gasteiger partial charge in [0.25, 0.3) is 5.56 Å². The first kappa shape index (κ1) is 23.3. The van der Waals surface area contributed by atoms with Gasteiger partial charge in [-0.2, -0.15) is 13.2 Å². The van der Waals surface area contributed by atoms with Crippen molar-refractivity contribution >= 4 is 17.0 Å². The second-order valence-electron chi connectivity index (χ2n) is 5.68. The van der Waals surface area contributed by atoms with Gasteiger partial charge in [0.05, 0.1) is 27.4 Å². The van der Waals surface area contributed by atoms with Crippen LogP contribution in [0.5, 0.6) is 17.2 Å². The van der Waals surface area contributed by atoms with E-state index in [1.807, 2.05) is 0 Å². The number of halogens is 3. The van der Waals surface area contributed by atoms with Crippen molar-refractivity contribution in [3.63, 3.8) is 0 Å². The number of hydrogen-bond acceptors (Lipinski definition) is 7. The minimum atomic E-state index is -5.20. The third kappa shape index (κ3) is 5.53. The van der Waals surface area contributed by atoms with Gasteiger partial charge in [-0.05, 0) is 19.1 Å². The van der Waals surface area contributed by atoms with E-state index >= 15 is 0 Å². The van der Waals surface area contributed by atoms with Gasteiger partial charge in [0, 0.05) is 23.9 Å². The highest BCUT2D eigenvalue weighted by Crippen LogP contribution is 2.27. The van der Waals surface area contributed by atoms with E-state index in [4.69, 9.17) is 14.2 Å². The molecule has 0 saturated carbocycles. The lowest BCUT2D eigenvalue weighted by Gasteiger charge is -2.15. The average molecular weight is 449 g/mol. The zero-order chi connectivity index (χ0) is 22.5. The molecule has 1 unspecified atom stereocenters. The standard InChI is InChI=1S/C18H18F3NO7S/c1-4-28-17(24)13-10-22(9-11-5-6-12(26-2)7-14(11)27-3)16(23)8-15(13)29-30(25)18(19,20)21/h5-8,10H,4,9H2,1-3H3. The molecule has 0 N–H and O–H groups in total. The van der Waals surface area contributed by atoms with Crippen LogP contribution in [0.2, 0.25) is 0 Å². The first-order valence-corrected chi connectivity index (χ1v) is 9.47. The lowest BCUT2D eigenvalue weighted by molar-refractivity contribution is -0.0438. The van der Waals surface area contributed by atoms with E-state index in [-0.39, 0.29) is 13.2 Å². The zero-order valence-corrected chi connectivity index (χ0v) is 17.0. The summed E-state index contributed by atoms with van der Waals surface area (Å²) in [5.74, 6) is -0.944. The highest BCUT2D eigenvalue weighted by atomic mass is 32.2. The van der Waals surface area contributed by atoms with Gasteiger partial charge in [0.1, 0.15) is 17.1 Å². The molecule has 0 saturated heterocycles. The van der Waals surface area contributed by atoms with Crippen LogP contribution in [0.3, 0.4) is 0 Å². The minimum Gasteiger partial charge on any atom is -0.497 e. The van der Waals surface area contributed by atoms with Crippen molar-refractivity contribution in [1.82, 2.24) is 4.57 Å². The molecular formula is C18H18F3NO7S. The summed E-state index contributed by atoms with van der Waals surface area (Å²) >= 11 is -3.77. The smallest absolute Gasteiger partial charge is 0.497 e. The second-order valence-corrected chi connectivity index (χ2v) is 6.78. The summed E-state index contributed by atoms with van der Waals surface area (Å²) in [5, 5.41) is 0. The fraction of sp³-hybridized carbons (Fsp3) is 0.333. The number of carbonyl (C=O) groups is 1.